The smallest absolute Gasteiger partial charge is 0.261 e. The lowest BCUT2D eigenvalue weighted by Crippen LogP contribution is -2.38. The molecule has 1 fully saturated rings. The molecule has 0 amide bonds. The van der Waals surface area contributed by atoms with Crippen LogP contribution in [0.25, 0.3) is 0 Å². The molecule has 0 saturated carbocycles. The summed E-state index contributed by atoms with van der Waals surface area (Å²) in [6.07, 6.45) is 0.965. The van der Waals surface area contributed by atoms with Gasteiger partial charge in [0, 0.05) is 15.9 Å². The van der Waals surface area contributed by atoms with E-state index in [4.69, 9.17) is 0 Å². The third kappa shape index (κ3) is 1.44. The summed E-state index contributed by atoms with van der Waals surface area (Å²) in [6, 6.07) is 0. The van der Waals surface area contributed by atoms with E-state index in [1.165, 1.54) is 0 Å². The van der Waals surface area contributed by atoms with Crippen LogP contribution in [0, 0.1) is 10.1 Å². The highest BCUT2D eigenvalue weighted by atomic mass is 79.9. The molecule has 1 aliphatic heterocycles. The van der Waals surface area contributed by atoms with Gasteiger partial charge in [-0.1, -0.05) is 0 Å². The van der Waals surface area contributed by atoms with E-state index in [-0.39, 0.29) is 0 Å². The molecule has 1 saturated heterocycles. The lowest BCUT2D eigenvalue weighted by atomic mass is 10.3. The highest BCUT2D eigenvalue weighted by molar-refractivity contribution is 9.09. The molecule has 5 nitrogen and oxygen atoms in total. The van der Waals surface area contributed by atoms with E-state index in [2.05, 4.69) is 25.7 Å². The summed E-state index contributed by atoms with van der Waals surface area (Å²) in [5, 5.41) is 10.2. The minimum atomic E-state index is -1.51. The van der Waals surface area contributed by atoms with E-state index in [1.807, 2.05) is 0 Å². The molecule has 0 spiro atoms. The summed E-state index contributed by atoms with van der Waals surface area (Å²) in [5.41, 5.74) is 0. The molecule has 1 atom stereocenters. The average molecular weight is 212 g/mol. The number of hydrogen-bond donors (Lipinski definition) is 0. The Labute approximate surface area is 65.5 Å². The summed E-state index contributed by atoms with van der Waals surface area (Å²) in [4.78, 5) is 18.6. The van der Waals surface area contributed by atoms with Crippen LogP contribution in [-0.2, 0) is 9.78 Å². The monoisotopic (exact) mass is 211 g/mol. The van der Waals surface area contributed by atoms with Gasteiger partial charge in [0.2, 0.25) is 0 Å². The van der Waals surface area contributed by atoms with Crippen LogP contribution in [0.2, 0.25) is 0 Å². The van der Waals surface area contributed by atoms with Crippen molar-refractivity contribution in [2.24, 2.45) is 0 Å². The van der Waals surface area contributed by atoms with Crippen LogP contribution >= 0.6 is 15.9 Å². The van der Waals surface area contributed by atoms with Gasteiger partial charge in [-0.05, 0) is 6.42 Å². The summed E-state index contributed by atoms with van der Waals surface area (Å²) in [6.45, 7) is 0.418. The first-order valence-electron chi connectivity index (χ1n) is 2.79. The van der Waals surface area contributed by atoms with Gasteiger partial charge in [-0.15, -0.1) is 4.89 Å². The maximum atomic E-state index is 10.2. The van der Waals surface area contributed by atoms with Crippen molar-refractivity contribution < 1.29 is 14.7 Å². The van der Waals surface area contributed by atoms with E-state index in [0.717, 1.165) is 0 Å². The Morgan fingerprint density at radius 3 is 2.70 bits per heavy atom. The molecule has 0 aromatic carbocycles. The van der Waals surface area contributed by atoms with Gasteiger partial charge in [-0.2, -0.15) is 0 Å². The van der Waals surface area contributed by atoms with Gasteiger partial charge < -0.3 is 0 Å². The zero-order chi connectivity index (χ0) is 7.61. The molecule has 1 heterocycles. The van der Waals surface area contributed by atoms with Gasteiger partial charge in [0.25, 0.3) is 0 Å². The van der Waals surface area contributed by atoms with Gasteiger partial charge in [-0.3, -0.25) is 10.1 Å². The van der Waals surface area contributed by atoms with Crippen LogP contribution in [0.4, 0.5) is 0 Å². The van der Waals surface area contributed by atoms with Gasteiger partial charge >= 0.3 is 4.63 Å². The molecule has 6 heteroatoms. The number of hydrogen-bond acceptors (Lipinski definition) is 4. The van der Waals surface area contributed by atoms with Crippen molar-refractivity contribution in [2.75, 3.05) is 6.61 Å². The predicted molar refractivity (Wildman–Crippen MR) is 34.9 cm³/mol. The Balaban J connectivity index is 2.56. The maximum absolute atomic E-state index is 10.2. The summed E-state index contributed by atoms with van der Waals surface area (Å²) in [5.74, 6) is 0. The Hall–Kier alpha value is -0.200. The minimum absolute atomic E-state index is 0.333. The SMILES string of the molecule is O=[N+]([O-])C1(Br)CCCOO1. The van der Waals surface area contributed by atoms with Gasteiger partial charge in [-0.25, -0.2) is 4.89 Å². The van der Waals surface area contributed by atoms with Crippen molar-refractivity contribution in [1.82, 2.24) is 0 Å². The molecular weight excluding hydrogens is 206 g/mol. The topological polar surface area (TPSA) is 61.6 Å². The standard InChI is InChI=1S/C4H6BrNO4/c5-4(6(7)8)2-1-3-9-10-4/h1-3H2. The minimum Gasteiger partial charge on any atom is -0.261 e. The summed E-state index contributed by atoms with van der Waals surface area (Å²) in [7, 11) is 0. The number of nitrogens with zero attached hydrogens (tertiary/aromatic N) is 1. The van der Waals surface area contributed by atoms with E-state index in [9.17, 15) is 10.1 Å². The van der Waals surface area contributed by atoms with Crippen LogP contribution in [0.5, 0.6) is 0 Å². The van der Waals surface area contributed by atoms with Crippen molar-refractivity contribution in [3.8, 4) is 0 Å². The molecule has 0 N–H and O–H groups in total. The van der Waals surface area contributed by atoms with Crippen LogP contribution in [0.1, 0.15) is 12.8 Å². The molecule has 0 aromatic heterocycles. The molecular formula is C4H6BrNO4. The van der Waals surface area contributed by atoms with Crippen molar-refractivity contribution >= 4 is 15.9 Å². The van der Waals surface area contributed by atoms with Crippen molar-refractivity contribution in [3.63, 3.8) is 0 Å². The Morgan fingerprint density at radius 1 is 1.70 bits per heavy atom. The fourth-order valence-corrected chi connectivity index (χ4v) is 1.02. The van der Waals surface area contributed by atoms with Crippen LogP contribution < -0.4 is 0 Å². The molecule has 0 bridgehead atoms. The Kier molecular flexibility index (Phi) is 2.22. The van der Waals surface area contributed by atoms with E-state index in [1.54, 1.807) is 0 Å². The quantitative estimate of drug-likeness (QED) is 0.214. The lowest BCUT2D eigenvalue weighted by molar-refractivity contribution is -0.645. The van der Waals surface area contributed by atoms with Crippen molar-refractivity contribution in [2.45, 2.75) is 17.5 Å². The second-order valence-electron chi connectivity index (χ2n) is 1.96. The molecule has 0 radical (unpaired) electrons. The summed E-state index contributed by atoms with van der Waals surface area (Å²) >= 11 is 2.81. The second kappa shape index (κ2) is 2.81. The lowest BCUT2D eigenvalue weighted by Gasteiger charge is -2.21. The van der Waals surface area contributed by atoms with Crippen LogP contribution in [0.3, 0.4) is 0 Å². The highest BCUT2D eigenvalue weighted by Crippen LogP contribution is 2.29. The van der Waals surface area contributed by atoms with Crippen LogP contribution in [-0.4, -0.2) is 16.2 Å². The first-order chi connectivity index (χ1) is 4.65. The number of rotatable bonds is 1. The molecule has 58 valence electrons. The van der Waals surface area contributed by atoms with E-state index in [0.29, 0.717) is 19.4 Å². The van der Waals surface area contributed by atoms with E-state index >= 15 is 0 Å². The third-order valence-electron chi connectivity index (χ3n) is 1.17. The van der Waals surface area contributed by atoms with E-state index < -0.39 is 9.56 Å². The molecule has 0 aliphatic carbocycles. The number of nitro groups is 1. The first kappa shape index (κ1) is 7.90. The van der Waals surface area contributed by atoms with Crippen molar-refractivity contribution in [1.29, 1.82) is 0 Å². The number of alkyl halides is 1. The summed E-state index contributed by atoms with van der Waals surface area (Å²) < 4.78 is -1.51. The van der Waals surface area contributed by atoms with Gasteiger partial charge in [0.05, 0.1) is 18.0 Å². The molecule has 1 aliphatic rings. The largest absolute Gasteiger partial charge is 0.405 e. The average Bonchev–Trinajstić information content (AvgIpc) is 1.89. The Morgan fingerprint density at radius 2 is 2.40 bits per heavy atom. The molecule has 1 rings (SSSR count). The zero-order valence-corrected chi connectivity index (χ0v) is 6.67. The maximum Gasteiger partial charge on any atom is 0.405 e. The third-order valence-corrected chi connectivity index (χ3v) is 1.99. The highest BCUT2D eigenvalue weighted by Gasteiger charge is 2.44. The Bertz CT molecular complexity index is 144. The second-order valence-corrected chi connectivity index (χ2v) is 3.19. The molecule has 10 heavy (non-hydrogen) atoms. The molecule has 1 unspecified atom stereocenters. The first-order valence-corrected chi connectivity index (χ1v) is 3.58. The fraction of sp³-hybridized carbons (Fsp3) is 1.00. The molecule has 0 aromatic rings. The normalized spacial score (nSPS) is 33.7. The predicted octanol–water partition coefficient (Wildman–Crippen LogP) is 1.05. The van der Waals surface area contributed by atoms with Gasteiger partial charge in [0.1, 0.15) is 0 Å². The van der Waals surface area contributed by atoms with Gasteiger partial charge in [0.15, 0.2) is 0 Å². The fourth-order valence-electron chi connectivity index (χ4n) is 0.644. The van der Waals surface area contributed by atoms with Crippen LogP contribution in [0.15, 0.2) is 0 Å². The van der Waals surface area contributed by atoms with Crippen molar-refractivity contribution in [3.05, 3.63) is 10.1 Å². The zero-order valence-electron chi connectivity index (χ0n) is 5.08. The number of halogens is 1.